The summed E-state index contributed by atoms with van der Waals surface area (Å²) in [6, 6.07) is 0. The van der Waals surface area contributed by atoms with Gasteiger partial charge in [0.2, 0.25) is 0 Å². The molecule has 0 amide bonds. The molecule has 0 unspecified atom stereocenters. The van der Waals surface area contributed by atoms with E-state index >= 15 is 0 Å². The van der Waals surface area contributed by atoms with Crippen LogP contribution in [-0.4, -0.2) is 21.3 Å². The molecule has 0 bridgehead atoms. The van der Waals surface area contributed by atoms with E-state index in [0.29, 0.717) is 0 Å². The molecular weight excluding hydrogens is 182 g/mol. The number of nitrogens with zero attached hydrogens (tertiary/aromatic N) is 1. The van der Waals surface area contributed by atoms with Crippen molar-refractivity contribution in [2.75, 3.05) is 0 Å². The minimum absolute atomic E-state index is 0.0699. The largest absolute Gasteiger partial charge is 0.476 e. The van der Waals surface area contributed by atoms with Crippen LogP contribution in [0.1, 0.15) is 28.2 Å². The van der Waals surface area contributed by atoms with Gasteiger partial charge in [-0.1, -0.05) is 0 Å². The predicted molar refractivity (Wildman–Crippen MR) is 37.8 cm³/mol. The van der Waals surface area contributed by atoms with Crippen LogP contribution in [0, 0.1) is 0 Å². The van der Waals surface area contributed by atoms with Gasteiger partial charge in [-0.3, -0.25) is 5.10 Å². The third kappa shape index (κ3) is 1.01. The number of rotatable bonds is 1. The van der Waals surface area contributed by atoms with Crippen molar-refractivity contribution < 1.29 is 18.7 Å². The molecule has 70 valence electrons. The number of aromatic amines is 1. The van der Waals surface area contributed by atoms with Gasteiger partial charge in [0, 0.05) is 12.0 Å². The van der Waals surface area contributed by atoms with Crippen molar-refractivity contribution in [1.82, 2.24) is 10.2 Å². The van der Waals surface area contributed by atoms with Crippen LogP contribution in [0.15, 0.2) is 0 Å². The van der Waals surface area contributed by atoms with Gasteiger partial charge in [0.15, 0.2) is 5.69 Å². The molecule has 0 saturated heterocycles. The number of carboxylic acids is 1. The zero-order chi connectivity index (χ0) is 9.64. The van der Waals surface area contributed by atoms with Crippen molar-refractivity contribution in [3.63, 3.8) is 0 Å². The Morgan fingerprint density at radius 2 is 2.31 bits per heavy atom. The first-order valence-electron chi connectivity index (χ1n) is 3.71. The van der Waals surface area contributed by atoms with Crippen LogP contribution in [0.5, 0.6) is 0 Å². The quantitative estimate of drug-likeness (QED) is 0.694. The van der Waals surface area contributed by atoms with E-state index in [1.807, 2.05) is 0 Å². The van der Waals surface area contributed by atoms with E-state index < -0.39 is 11.9 Å². The van der Waals surface area contributed by atoms with Crippen molar-refractivity contribution >= 4 is 5.97 Å². The van der Waals surface area contributed by atoms with E-state index in [4.69, 9.17) is 5.11 Å². The second kappa shape index (κ2) is 2.27. The van der Waals surface area contributed by atoms with Crippen molar-refractivity contribution in [3.8, 4) is 0 Å². The van der Waals surface area contributed by atoms with Gasteiger partial charge < -0.3 is 5.11 Å². The average Bonchev–Trinajstić information content (AvgIpc) is 2.52. The summed E-state index contributed by atoms with van der Waals surface area (Å²) in [6.07, 6.45) is -0.266. The Bertz CT molecular complexity index is 373. The monoisotopic (exact) mass is 188 g/mol. The molecule has 0 aromatic carbocycles. The Kier molecular flexibility index (Phi) is 1.43. The SMILES string of the molecule is O=C(O)c1n[nH]c2c1CCC2(F)F. The van der Waals surface area contributed by atoms with Crippen molar-refractivity contribution in [2.24, 2.45) is 0 Å². The fourth-order valence-corrected chi connectivity index (χ4v) is 1.49. The Hall–Kier alpha value is -1.46. The maximum atomic E-state index is 12.9. The minimum Gasteiger partial charge on any atom is -0.476 e. The van der Waals surface area contributed by atoms with Gasteiger partial charge in [-0.2, -0.15) is 13.9 Å². The second-order valence-electron chi connectivity index (χ2n) is 2.94. The lowest BCUT2D eigenvalue weighted by Crippen LogP contribution is -2.08. The molecule has 1 aliphatic rings. The van der Waals surface area contributed by atoms with Gasteiger partial charge in [0.05, 0.1) is 0 Å². The first-order chi connectivity index (χ1) is 6.02. The van der Waals surface area contributed by atoms with Crippen LogP contribution in [-0.2, 0) is 12.3 Å². The first-order valence-corrected chi connectivity index (χ1v) is 3.71. The third-order valence-corrected chi connectivity index (χ3v) is 2.12. The van der Waals surface area contributed by atoms with Crippen LogP contribution in [0.25, 0.3) is 0 Å². The molecule has 2 rings (SSSR count). The summed E-state index contributed by atoms with van der Waals surface area (Å²) < 4.78 is 25.9. The van der Waals surface area contributed by atoms with Crippen LogP contribution >= 0.6 is 0 Å². The molecule has 0 atom stereocenters. The molecule has 2 N–H and O–H groups in total. The molecule has 1 heterocycles. The summed E-state index contributed by atoms with van der Waals surface area (Å²) in [5, 5.41) is 14.0. The number of fused-ring (bicyclic) bond motifs is 1. The van der Waals surface area contributed by atoms with E-state index in [0.717, 1.165) is 0 Å². The highest BCUT2D eigenvalue weighted by atomic mass is 19.3. The lowest BCUT2D eigenvalue weighted by Gasteiger charge is -2.05. The van der Waals surface area contributed by atoms with Gasteiger partial charge in [-0.25, -0.2) is 4.79 Å². The maximum absolute atomic E-state index is 12.9. The fraction of sp³-hybridized carbons (Fsp3) is 0.429. The number of hydrogen-bond donors (Lipinski definition) is 2. The average molecular weight is 188 g/mol. The Morgan fingerprint density at radius 3 is 2.92 bits per heavy atom. The van der Waals surface area contributed by atoms with Crippen molar-refractivity contribution in [1.29, 1.82) is 0 Å². The predicted octanol–water partition coefficient (Wildman–Crippen LogP) is 1.15. The maximum Gasteiger partial charge on any atom is 0.356 e. The van der Waals surface area contributed by atoms with Gasteiger partial charge in [-0.15, -0.1) is 0 Å². The number of carbonyl (C=O) groups is 1. The van der Waals surface area contributed by atoms with E-state index in [-0.39, 0.29) is 29.8 Å². The third-order valence-electron chi connectivity index (χ3n) is 2.12. The van der Waals surface area contributed by atoms with Crippen molar-refractivity contribution in [3.05, 3.63) is 17.0 Å². The summed E-state index contributed by atoms with van der Waals surface area (Å²) in [4.78, 5) is 10.5. The molecule has 0 spiro atoms. The number of halogens is 2. The van der Waals surface area contributed by atoms with E-state index in [2.05, 4.69) is 10.2 Å². The van der Waals surface area contributed by atoms with Crippen molar-refractivity contribution in [2.45, 2.75) is 18.8 Å². The van der Waals surface area contributed by atoms with Crippen LogP contribution in [0.3, 0.4) is 0 Å². The van der Waals surface area contributed by atoms with Crippen LogP contribution in [0.4, 0.5) is 8.78 Å². The number of alkyl halides is 2. The number of carboxylic acid groups (broad SMARTS) is 1. The molecule has 1 aromatic rings. The topological polar surface area (TPSA) is 66.0 Å². The molecule has 0 fully saturated rings. The lowest BCUT2D eigenvalue weighted by molar-refractivity contribution is -0.00648. The Balaban J connectivity index is 2.54. The smallest absolute Gasteiger partial charge is 0.356 e. The molecule has 1 aromatic heterocycles. The normalized spacial score (nSPS) is 18.6. The molecule has 0 radical (unpaired) electrons. The van der Waals surface area contributed by atoms with Gasteiger partial charge in [-0.05, 0) is 6.42 Å². The second-order valence-corrected chi connectivity index (χ2v) is 2.94. The summed E-state index contributed by atoms with van der Waals surface area (Å²) in [5.74, 6) is -4.22. The fourth-order valence-electron chi connectivity index (χ4n) is 1.49. The van der Waals surface area contributed by atoms with Crippen LogP contribution in [0.2, 0.25) is 0 Å². The summed E-state index contributed by atoms with van der Waals surface area (Å²) in [6.45, 7) is 0. The number of aromatic nitrogens is 2. The first kappa shape index (κ1) is 8.15. The van der Waals surface area contributed by atoms with Gasteiger partial charge in [0.1, 0.15) is 5.69 Å². The lowest BCUT2D eigenvalue weighted by atomic mass is 10.2. The zero-order valence-corrected chi connectivity index (χ0v) is 6.47. The standard InChI is InChI=1S/C7H6F2N2O2/c8-7(9)2-1-3-4(6(12)13)10-11-5(3)7/h1-2H2,(H,10,11)(H,12,13). The molecular formula is C7H6F2N2O2. The van der Waals surface area contributed by atoms with E-state index in [9.17, 15) is 13.6 Å². The number of hydrogen-bond acceptors (Lipinski definition) is 2. The molecule has 0 aliphatic heterocycles. The zero-order valence-electron chi connectivity index (χ0n) is 6.47. The molecule has 6 heteroatoms. The number of aromatic carboxylic acids is 1. The summed E-state index contributed by atoms with van der Waals surface area (Å²) >= 11 is 0. The Morgan fingerprint density at radius 1 is 1.62 bits per heavy atom. The molecule has 4 nitrogen and oxygen atoms in total. The van der Waals surface area contributed by atoms with Gasteiger partial charge in [0.25, 0.3) is 5.92 Å². The summed E-state index contributed by atoms with van der Waals surface area (Å²) in [5.41, 5.74) is -0.491. The minimum atomic E-state index is -2.95. The van der Waals surface area contributed by atoms with Crippen LogP contribution < -0.4 is 0 Å². The highest BCUT2D eigenvalue weighted by Crippen LogP contribution is 2.41. The molecule has 13 heavy (non-hydrogen) atoms. The highest BCUT2D eigenvalue weighted by Gasteiger charge is 2.43. The summed E-state index contributed by atoms with van der Waals surface area (Å²) in [7, 11) is 0. The molecule has 1 aliphatic carbocycles. The highest BCUT2D eigenvalue weighted by molar-refractivity contribution is 5.87. The Labute approximate surface area is 71.6 Å². The van der Waals surface area contributed by atoms with Gasteiger partial charge >= 0.3 is 5.97 Å². The number of H-pyrrole nitrogens is 1. The molecule has 0 saturated carbocycles. The number of nitrogens with one attached hydrogen (secondary N) is 1. The van der Waals surface area contributed by atoms with E-state index in [1.54, 1.807) is 0 Å². The van der Waals surface area contributed by atoms with E-state index in [1.165, 1.54) is 0 Å².